The molecule has 2 aromatic carbocycles. The van der Waals surface area contributed by atoms with E-state index in [9.17, 15) is 8.78 Å². The molecule has 0 aromatic heterocycles. The molecule has 0 saturated carbocycles. The topological polar surface area (TPSA) is 35.2 Å². The third-order valence-corrected chi connectivity index (χ3v) is 2.80. The first kappa shape index (κ1) is 13.4. The summed E-state index contributed by atoms with van der Waals surface area (Å²) in [5.41, 5.74) is 7.07. The second-order valence-electron chi connectivity index (χ2n) is 4.02. The molecule has 5 heteroatoms. The second kappa shape index (κ2) is 5.32. The lowest BCUT2D eigenvalue weighted by molar-refractivity contribution is 0.436. The summed E-state index contributed by atoms with van der Waals surface area (Å²) in [4.78, 5) is 0.279. The molecule has 2 nitrogen and oxygen atoms in total. The van der Waals surface area contributed by atoms with Crippen LogP contribution in [0.5, 0.6) is 11.5 Å². The van der Waals surface area contributed by atoms with Crippen molar-refractivity contribution in [1.29, 1.82) is 0 Å². The fraction of sp³-hybridized carbons (Fsp3) is 0.0714. The maximum absolute atomic E-state index is 13.4. The van der Waals surface area contributed by atoms with Crippen LogP contribution < -0.4 is 10.5 Å². The fourth-order valence-corrected chi connectivity index (χ4v) is 1.89. The summed E-state index contributed by atoms with van der Waals surface area (Å²) in [6.45, 7) is 1.81. The predicted octanol–water partition coefficient (Wildman–Crippen LogP) is 3.70. The standard InChI is InChI=1S/C14H11F2NOS/c1-8-6-10(3-4-11(8)14(17)19)18-13-7-9(15)2-5-12(13)16/h2-7H,1H3,(H2,17,19). The molecule has 2 rings (SSSR count). The molecule has 0 spiro atoms. The zero-order valence-electron chi connectivity index (χ0n) is 10.1. The number of thiocarbonyl (C=S) groups is 1. The Labute approximate surface area is 114 Å². The van der Waals surface area contributed by atoms with Gasteiger partial charge in [-0.25, -0.2) is 8.78 Å². The monoisotopic (exact) mass is 279 g/mol. The van der Waals surface area contributed by atoms with E-state index < -0.39 is 11.6 Å². The molecule has 0 heterocycles. The molecule has 0 amide bonds. The van der Waals surface area contributed by atoms with Crippen molar-refractivity contribution in [2.75, 3.05) is 0 Å². The largest absolute Gasteiger partial charge is 0.454 e. The fourth-order valence-electron chi connectivity index (χ4n) is 1.66. The van der Waals surface area contributed by atoms with E-state index in [0.717, 1.165) is 29.3 Å². The molecule has 98 valence electrons. The van der Waals surface area contributed by atoms with Crippen LogP contribution in [0.1, 0.15) is 11.1 Å². The highest BCUT2D eigenvalue weighted by Gasteiger charge is 2.08. The van der Waals surface area contributed by atoms with Crippen molar-refractivity contribution in [2.45, 2.75) is 6.92 Å². The highest BCUT2D eigenvalue weighted by molar-refractivity contribution is 7.80. The van der Waals surface area contributed by atoms with E-state index in [0.29, 0.717) is 5.75 Å². The van der Waals surface area contributed by atoms with E-state index in [1.54, 1.807) is 18.2 Å². The molecule has 0 aliphatic carbocycles. The van der Waals surface area contributed by atoms with Crippen LogP contribution in [0.2, 0.25) is 0 Å². The van der Waals surface area contributed by atoms with E-state index in [4.69, 9.17) is 22.7 Å². The molecule has 0 aliphatic rings. The van der Waals surface area contributed by atoms with Gasteiger partial charge in [-0.2, -0.15) is 0 Å². The van der Waals surface area contributed by atoms with Crippen molar-refractivity contribution >= 4 is 17.2 Å². The van der Waals surface area contributed by atoms with Gasteiger partial charge in [0.25, 0.3) is 0 Å². The summed E-state index contributed by atoms with van der Waals surface area (Å²) < 4.78 is 31.8. The van der Waals surface area contributed by atoms with Crippen LogP contribution in [0.3, 0.4) is 0 Å². The molecule has 2 aromatic rings. The highest BCUT2D eigenvalue weighted by atomic mass is 32.1. The Balaban J connectivity index is 2.31. The van der Waals surface area contributed by atoms with Gasteiger partial charge in [0, 0.05) is 11.6 Å². The average molecular weight is 279 g/mol. The van der Waals surface area contributed by atoms with Gasteiger partial charge in [0.05, 0.1) is 0 Å². The Kier molecular flexibility index (Phi) is 3.76. The predicted molar refractivity (Wildman–Crippen MR) is 73.5 cm³/mol. The van der Waals surface area contributed by atoms with Gasteiger partial charge < -0.3 is 10.5 Å². The summed E-state index contributed by atoms with van der Waals surface area (Å²) >= 11 is 4.89. The first-order valence-electron chi connectivity index (χ1n) is 5.51. The van der Waals surface area contributed by atoms with Gasteiger partial charge in [0.2, 0.25) is 0 Å². The minimum absolute atomic E-state index is 0.164. The number of rotatable bonds is 3. The lowest BCUT2D eigenvalue weighted by atomic mass is 10.1. The zero-order chi connectivity index (χ0) is 14.0. The maximum atomic E-state index is 13.4. The number of benzene rings is 2. The Morgan fingerprint density at radius 1 is 1.16 bits per heavy atom. The molecule has 0 bridgehead atoms. The first-order chi connectivity index (χ1) is 8.97. The van der Waals surface area contributed by atoms with E-state index in [2.05, 4.69) is 0 Å². The number of aryl methyl sites for hydroxylation is 1. The SMILES string of the molecule is Cc1cc(Oc2cc(F)ccc2F)ccc1C(N)=S. The number of nitrogens with two attached hydrogens (primary N) is 1. The van der Waals surface area contributed by atoms with Crippen LogP contribution in [-0.2, 0) is 0 Å². The number of hydrogen-bond acceptors (Lipinski definition) is 2. The molecule has 0 aliphatic heterocycles. The van der Waals surface area contributed by atoms with Crippen molar-refractivity contribution in [3.8, 4) is 11.5 Å². The quantitative estimate of drug-likeness (QED) is 0.870. The first-order valence-corrected chi connectivity index (χ1v) is 5.91. The van der Waals surface area contributed by atoms with Crippen molar-refractivity contribution in [3.63, 3.8) is 0 Å². The third kappa shape index (κ3) is 3.06. The molecular weight excluding hydrogens is 268 g/mol. The molecule has 0 fully saturated rings. The van der Waals surface area contributed by atoms with Crippen molar-refractivity contribution < 1.29 is 13.5 Å². The van der Waals surface area contributed by atoms with Gasteiger partial charge in [0.15, 0.2) is 11.6 Å². The van der Waals surface area contributed by atoms with Crippen LogP contribution in [0.4, 0.5) is 8.78 Å². The van der Waals surface area contributed by atoms with Gasteiger partial charge >= 0.3 is 0 Å². The third-order valence-electron chi connectivity index (χ3n) is 2.58. The van der Waals surface area contributed by atoms with E-state index in [-0.39, 0.29) is 10.7 Å². The summed E-state index contributed by atoms with van der Waals surface area (Å²) in [6, 6.07) is 7.99. The zero-order valence-corrected chi connectivity index (χ0v) is 10.9. The molecule has 0 radical (unpaired) electrons. The summed E-state index contributed by atoms with van der Waals surface area (Å²) in [6.07, 6.45) is 0. The Hall–Kier alpha value is -2.01. The number of ether oxygens (including phenoxy) is 1. The van der Waals surface area contributed by atoms with Gasteiger partial charge in [-0.05, 0) is 42.8 Å². The summed E-state index contributed by atoms with van der Waals surface area (Å²) in [7, 11) is 0. The summed E-state index contributed by atoms with van der Waals surface area (Å²) in [5, 5.41) is 0. The lowest BCUT2D eigenvalue weighted by Gasteiger charge is -2.09. The summed E-state index contributed by atoms with van der Waals surface area (Å²) in [5.74, 6) is -0.963. The maximum Gasteiger partial charge on any atom is 0.165 e. The molecule has 0 saturated heterocycles. The van der Waals surface area contributed by atoms with Crippen molar-refractivity contribution in [2.24, 2.45) is 5.73 Å². The van der Waals surface area contributed by atoms with E-state index >= 15 is 0 Å². The molecule has 2 N–H and O–H groups in total. The highest BCUT2D eigenvalue weighted by Crippen LogP contribution is 2.26. The van der Waals surface area contributed by atoms with E-state index in [1.807, 2.05) is 6.92 Å². The van der Waals surface area contributed by atoms with Crippen LogP contribution in [0.25, 0.3) is 0 Å². The van der Waals surface area contributed by atoms with Crippen LogP contribution in [-0.4, -0.2) is 4.99 Å². The van der Waals surface area contributed by atoms with Gasteiger partial charge in [-0.3, -0.25) is 0 Å². The number of halogens is 2. The van der Waals surface area contributed by atoms with Gasteiger partial charge in [-0.15, -0.1) is 0 Å². The van der Waals surface area contributed by atoms with Crippen LogP contribution >= 0.6 is 12.2 Å². The van der Waals surface area contributed by atoms with Crippen molar-refractivity contribution in [3.05, 3.63) is 59.2 Å². The van der Waals surface area contributed by atoms with Crippen LogP contribution in [0, 0.1) is 18.6 Å². The Morgan fingerprint density at radius 2 is 1.89 bits per heavy atom. The van der Waals surface area contributed by atoms with Crippen molar-refractivity contribution in [1.82, 2.24) is 0 Å². The molecule has 0 unspecified atom stereocenters. The minimum Gasteiger partial charge on any atom is -0.454 e. The minimum atomic E-state index is -0.627. The van der Waals surface area contributed by atoms with Crippen LogP contribution in [0.15, 0.2) is 36.4 Å². The van der Waals surface area contributed by atoms with Gasteiger partial charge in [-0.1, -0.05) is 12.2 Å². The Bertz CT molecular complexity index is 643. The average Bonchev–Trinajstić information content (AvgIpc) is 2.33. The molecular formula is C14H11F2NOS. The molecule has 19 heavy (non-hydrogen) atoms. The smallest absolute Gasteiger partial charge is 0.165 e. The lowest BCUT2D eigenvalue weighted by Crippen LogP contribution is -2.10. The molecule has 0 atom stereocenters. The Morgan fingerprint density at radius 3 is 2.53 bits per heavy atom. The van der Waals surface area contributed by atoms with Gasteiger partial charge in [0.1, 0.15) is 16.6 Å². The number of hydrogen-bond donors (Lipinski definition) is 1. The van der Waals surface area contributed by atoms with E-state index in [1.165, 1.54) is 0 Å². The normalized spacial score (nSPS) is 10.3. The second-order valence-corrected chi connectivity index (χ2v) is 4.46.